The minimum Gasteiger partial charge on any atom is -0.480 e. The van der Waals surface area contributed by atoms with Crippen molar-refractivity contribution in [3.8, 4) is 0 Å². The fraction of sp³-hybridized carbons (Fsp3) is 0.526. The number of ether oxygens (including phenoxy) is 1. The summed E-state index contributed by atoms with van der Waals surface area (Å²) in [7, 11) is 0. The Labute approximate surface area is 152 Å². The number of nitrogens with one attached hydrogen (secondary N) is 1. The molecule has 1 aromatic carbocycles. The monoisotopic (exact) mass is 360 g/mol. The lowest BCUT2D eigenvalue weighted by Gasteiger charge is -2.30. The minimum atomic E-state index is -0.980. The van der Waals surface area contributed by atoms with Gasteiger partial charge in [0, 0.05) is 6.04 Å². The van der Waals surface area contributed by atoms with Crippen LogP contribution in [0.3, 0.4) is 0 Å². The first kappa shape index (κ1) is 18.2. The SMILES string of the molecule is C[C@H](NC(=O)OCc1ccccc1)C(=O)N1C(C(=O)O)C[C@H]2CCC[C@H]21. The Bertz CT molecular complexity index is 678. The van der Waals surface area contributed by atoms with Crippen LogP contribution in [0.25, 0.3) is 0 Å². The fourth-order valence-electron chi connectivity index (χ4n) is 4.05. The van der Waals surface area contributed by atoms with E-state index in [1.54, 1.807) is 6.92 Å². The average molecular weight is 360 g/mol. The molecule has 4 atom stereocenters. The second kappa shape index (κ2) is 7.76. The number of carboxylic acids is 1. The summed E-state index contributed by atoms with van der Waals surface area (Å²) in [4.78, 5) is 37.8. The molecule has 26 heavy (non-hydrogen) atoms. The third kappa shape index (κ3) is 3.81. The summed E-state index contributed by atoms with van der Waals surface area (Å²) in [6.07, 6.45) is 2.59. The fourth-order valence-corrected chi connectivity index (χ4v) is 4.05. The van der Waals surface area contributed by atoms with Crippen LogP contribution in [0.15, 0.2) is 30.3 Å². The highest BCUT2D eigenvalue weighted by Gasteiger charge is 2.49. The number of hydrogen-bond acceptors (Lipinski definition) is 4. The molecule has 2 fully saturated rings. The first-order chi connectivity index (χ1) is 12.5. The summed E-state index contributed by atoms with van der Waals surface area (Å²) >= 11 is 0. The standard InChI is InChI=1S/C19H24N2O5/c1-12(20-19(25)26-11-13-6-3-2-4-7-13)17(22)21-15-9-5-8-14(15)10-16(21)18(23)24/h2-4,6-7,12,14-16H,5,8-11H2,1H3,(H,20,25)(H,23,24)/t12-,14+,15+,16?/m0/s1. The summed E-state index contributed by atoms with van der Waals surface area (Å²) < 4.78 is 5.14. The van der Waals surface area contributed by atoms with Crippen molar-refractivity contribution in [3.63, 3.8) is 0 Å². The van der Waals surface area contributed by atoms with Crippen LogP contribution in [0.4, 0.5) is 4.79 Å². The summed E-state index contributed by atoms with van der Waals surface area (Å²) in [6, 6.07) is 7.57. The van der Waals surface area contributed by atoms with Crippen molar-refractivity contribution < 1.29 is 24.2 Å². The largest absolute Gasteiger partial charge is 0.480 e. The Kier molecular flexibility index (Phi) is 5.44. The van der Waals surface area contributed by atoms with Crippen LogP contribution in [-0.4, -0.2) is 46.1 Å². The maximum atomic E-state index is 12.8. The molecule has 1 aliphatic carbocycles. The number of rotatable bonds is 5. The van der Waals surface area contributed by atoms with Gasteiger partial charge in [0.05, 0.1) is 0 Å². The smallest absolute Gasteiger partial charge is 0.408 e. The van der Waals surface area contributed by atoms with Gasteiger partial charge >= 0.3 is 12.1 Å². The number of carbonyl (C=O) groups excluding carboxylic acids is 2. The number of amides is 2. The molecule has 7 nitrogen and oxygen atoms in total. The van der Waals surface area contributed by atoms with Crippen LogP contribution >= 0.6 is 0 Å². The Morgan fingerprint density at radius 3 is 2.69 bits per heavy atom. The highest BCUT2D eigenvalue weighted by Crippen LogP contribution is 2.41. The molecule has 1 unspecified atom stereocenters. The van der Waals surface area contributed by atoms with E-state index in [0.29, 0.717) is 6.42 Å². The normalized spacial score (nSPS) is 25.4. The van der Waals surface area contributed by atoms with Gasteiger partial charge in [0.1, 0.15) is 18.7 Å². The van der Waals surface area contributed by atoms with E-state index in [0.717, 1.165) is 24.8 Å². The first-order valence-electron chi connectivity index (χ1n) is 8.99. The Hall–Kier alpha value is -2.57. The highest BCUT2D eigenvalue weighted by molar-refractivity contribution is 5.90. The molecule has 1 aromatic rings. The number of benzene rings is 1. The van der Waals surface area contributed by atoms with Crippen LogP contribution in [0, 0.1) is 5.92 Å². The molecule has 0 spiro atoms. The van der Waals surface area contributed by atoms with E-state index in [1.165, 1.54) is 4.90 Å². The molecule has 140 valence electrons. The van der Waals surface area contributed by atoms with Gasteiger partial charge in [-0.2, -0.15) is 0 Å². The third-order valence-corrected chi connectivity index (χ3v) is 5.30. The van der Waals surface area contributed by atoms with Crippen LogP contribution in [-0.2, 0) is 20.9 Å². The van der Waals surface area contributed by atoms with Crippen LogP contribution in [0.5, 0.6) is 0 Å². The number of nitrogens with zero attached hydrogens (tertiary/aromatic N) is 1. The quantitative estimate of drug-likeness (QED) is 0.839. The molecular weight excluding hydrogens is 336 g/mol. The van der Waals surface area contributed by atoms with E-state index < -0.39 is 24.1 Å². The Morgan fingerprint density at radius 1 is 1.27 bits per heavy atom. The number of aliphatic carboxylic acids is 1. The molecule has 0 radical (unpaired) electrons. The van der Waals surface area contributed by atoms with Gasteiger partial charge in [0.2, 0.25) is 5.91 Å². The number of likely N-dealkylation sites (tertiary alicyclic amines) is 1. The summed E-state index contributed by atoms with van der Waals surface area (Å²) in [5.74, 6) is -1.09. The van der Waals surface area contributed by atoms with E-state index in [9.17, 15) is 19.5 Å². The van der Waals surface area contributed by atoms with E-state index >= 15 is 0 Å². The van der Waals surface area contributed by atoms with E-state index in [2.05, 4.69) is 5.32 Å². The Morgan fingerprint density at radius 2 is 2.00 bits per heavy atom. The van der Waals surface area contributed by atoms with Crippen molar-refractivity contribution in [3.05, 3.63) is 35.9 Å². The third-order valence-electron chi connectivity index (χ3n) is 5.30. The molecule has 3 rings (SSSR count). The first-order valence-corrected chi connectivity index (χ1v) is 8.99. The molecule has 1 aliphatic heterocycles. The molecule has 2 N–H and O–H groups in total. The predicted octanol–water partition coefficient (Wildman–Crippen LogP) is 2.16. The maximum absolute atomic E-state index is 12.8. The van der Waals surface area contributed by atoms with Crippen molar-refractivity contribution in [1.82, 2.24) is 10.2 Å². The zero-order valence-corrected chi connectivity index (χ0v) is 14.8. The van der Waals surface area contributed by atoms with Crippen molar-refractivity contribution in [2.24, 2.45) is 5.92 Å². The zero-order chi connectivity index (χ0) is 18.7. The Balaban J connectivity index is 1.57. The second-order valence-electron chi connectivity index (χ2n) is 7.02. The highest BCUT2D eigenvalue weighted by atomic mass is 16.5. The van der Waals surface area contributed by atoms with Gasteiger partial charge < -0.3 is 20.1 Å². The van der Waals surface area contributed by atoms with Gasteiger partial charge in [-0.15, -0.1) is 0 Å². The molecule has 7 heteroatoms. The van der Waals surface area contributed by atoms with Crippen molar-refractivity contribution in [2.45, 2.75) is 57.3 Å². The predicted molar refractivity (Wildman–Crippen MR) is 93.2 cm³/mol. The van der Waals surface area contributed by atoms with Crippen molar-refractivity contribution in [1.29, 1.82) is 0 Å². The minimum absolute atomic E-state index is 0.0341. The van der Waals surface area contributed by atoms with Gasteiger partial charge in [-0.05, 0) is 37.7 Å². The lowest BCUT2D eigenvalue weighted by atomic mass is 10.0. The topological polar surface area (TPSA) is 95.9 Å². The summed E-state index contributed by atoms with van der Waals surface area (Å²) in [5.41, 5.74) is 0.848. The molecule has 0 bridgehead atoms. The average Bonchev–Trinajstić information content (AvgIpc) is 3.21. The summed E-state index contributed by atoms with van der Waals surface area (Å²) in [6.45, 7) is 1.67. The number of hydrogen-bond donors (Lipinski definition) is 2. The molecule has 2 amide bonds. The van der Waals surface area contributed by atoms with Gasteiger partial charge in [0.25, 0.3) is 0 Å². The van der Waals surface area contributed by atoms with Crippen molar-refractivity contribution >= 4 is 18.0 Å². The van der Waals surface area contributed by atoms with E-state index in [1.807, 2.05) is 30.3 Å². The van der Waals surface area contributed by atoms with Crippen LogP contribution in [0.2, 0.25) is 0 Å². The molecule has 0 aromatic heterocycles. The molecule has 1 saturated heterocycles. The lowest BCUT2D eigenvalue weighted by molar-refractivity contribution is -0.150. The van der Waals surface area contributed by atoms with E-state index in [4.69, 9.17) is 4.74 Å². The van der Waals surface area contributed by atoms with Crippen molar-refractivity contribution in [2.75, 3.05) is 0 Å². The molecule has 2 aliphatic rings. The number of carbonyl (C=O) groups is 3. The molecular formula is C19H24N2O5. The molecule has 1 heterocycles. The van der Waals surface area contributed by atoms with Gasteiger partial charge in [-0.25, -0.2) is 9.59 Å². The van der Waals surface area contributed by atoms with Gasteiger partial charge in [0.15, 0.2) is 0 Å². The van der Waals surface area contributed by atoms with Gasteiger partial charge in [-0.1, -0.05) is 36.8 Å². The maximum Gasteiger partial charge on any atom is 0.408 e. The zero-order valence-electron chi connectivity index (χ0n) is 14.8. The van der Waals surface area contributed by atoms with Crippen LogP contribution in [0.1, 0.15) is 38.2 Å². The van der Waals surface area contributed by atoms with Crippen LogP contribution < -0.4 is 5.32 Å². The number of carboxylic acid groups (broad SMARTS) is 1. The summed E-state index contributed by atoms with van der Waals surface area (Å²) in [5, 5.41) is 12.0. The lowest BCUT2D eigenvalue weighted by Crippen LogP contribution is -2.53. The number of alkyl carbamates (subject to hydrolysis) is 1. The second-order valence-corrected chi connectivity index (χ2v) is 7.02. The van der Waals surface area contributed by atoms with E-state index in [-0.39, 0.29) is 24.5 Å². The van der Waals surface area contributed by atoms with Gasteiger partial charge in [-0.3, -0.25) is 4.79 Å². The number of fused-ring (bicyclic) bond motifs is 1. The molecule has 1 saturated carbocycles.